The van der Waals surface area contributed by atoms with Crippen molar-refractivity contribution in [2.75, 3.05) is 52.5 Å². The summed E-state index contributed by atoms with van der Waals surface area (Å²) in [5.74, 6) is 0. The molecule has 2 N–H and O–H groups in total. The molecule has 0 saturated carbocycles. The molecule has 1 aliphatic rings. The molecule has 0 aromatic carbocycles. The van der Waals surface area contributed by atoms with E-state index < -0.39 is 6.43 Å². The summed E-state index contributed by atoms with van der Waals surface area (Å²) in [5, 5.41) is 12.3. The highest BCUT2D eigenvalue weighted by atomic mass is 19.3. The molecular formula is C13H26F2N2O2. The first-order valence-electron chi connectivity index (χ1n) is 7.02. The number of aliphatic hydroxyl groups is 1. The topological polar surface area (TPSA) is 44.7 Å². The lowest BCUT2D eigenvalue weighted by molar-refractivity contribution is -0.0364. The van der Waals surface area contributed by atoms with Crippen LogP contribution in [0.2, 0.25) is 0 Å². The Bertz CT molecular complexity index is 237. The van der Waals surface area contributed by atoms with Gasteiger partial charge in [-0.05, 0) is 19.4 Å². The number of halogens is 2. The minimum Gasteiger partial charge on any atom is -0.395 e. The van der Waals surface area contributed by atoms with Crippen LogP contribution in [-0.4, -0.2) is 69.0 Å². The van der Waals surface area contributed by atoms with Gasteiger partial charge in [0.25, 0.3) is 6.43 Å². The van der Waals surface area contributed by atoms with Gasteiger partial charge in [0, 0.05) is 31.7 Å². The third kappa shape index (κ3) is 6.12. The fraction of sp³-hybridized carbons (Fsp3) is 1.00. The van der Waals surface area contributed by atoms with Crippen LogP contribution in [-0.2, 0) is 4.74 Å². The zero-order valence-electron chi connectivity index (χ0n) is 11.7. The summed E-state index contributed by atoms with van der Waals surface area (Å²) in [6, 6.07) is 0. The van der Waals surface area contributed by atoms with Crippen molar-refractivity contribution in [2.24, 2.45) is 5.41 Å². The summed E-state index contributed by atoms with van der Waals surface area (Å²) in [5.41, 5.74) is -0.113. The van der Waals surface area contributed by atoms with E-state index in [9.17, 15) is 8.78 Å². The van der Waals surface area contributed by atoms with Crippen LogP contribution >= 0.6 is 0 Å². The summed E-state index contributed by atoms with van der Waals surface area (Å²) < 4.78 is 30.7. The van der Waals surface area contributed by atoms with Crippen LogP contribution in [0.4, 0.5) is 8.78 Å². The lowest BCUT2D eigenvalue weighted by Gasteiger charge is -2.41. The van der Waals surface area contributed by atoms with E-state index in [0.717, 1.165) is 32.5 Å². The van der Waals surface area contributed by atoms with Gasteiger partial charge in [0.1, 0.15) is 0 Å². The maximum Gasteiger partial charge on any atom is 0.251 e. The molecule has 19 heavy (non-hydrogen) atoms. The molecule has 114 valence electrons. The lowest BCUT2D eigenvalue weighted by atomic mass is 9.81. The van der Waals surface area contributed by atoms with Gasteiger partial charge in [0.2, 0.25) is 0 Å². The van der Waals surface area contributed by atoms with E-state index in [1.165, 1.54) is 0 Å². The highest BCUT2D eigenvalue weighted by Gasteiger charge is 2.34. The average Bonchev–Trinajstić information content (AvgIpc) is 2.37. The Balaban J connectivity index is 2.61. The molecule has 1 unspecified atom stereocenters. The predicted molar refractivity (Wildman–Crippen MR) is 70.6 cm³/mol. The summed E-state index contributed by atoms with van der Waals surface area (Å²) in [6.45, 7) is 5.48. The van der Waals surface area contributed by atoms with E-state index in [1.54, 1.807) is 4.90 Å². The first-order valence-corrected chi connectivity index (χ1v) is 7.02. The number of hydrogen-bond donors (Lipinski definition) is 2. The molecule has 0 aliphatic carbocycles. The molecule has 1 fully saturated rings. The molecule has 6 heteroatoms. The fourth-order valence-corrected chi connectivity index (χ4v) is 2.67. The fourth-order valence-electron chi connectivity index (χ4n) is 2.67. The monoisotopic (exact) mass is 280 g/mol. The Morgan fingerprint density at radius 2 is 2.26 bits per heavy atom. The zero-order chi connectivity index (χ0) is 14.1. The van der Waals surface area contributed by atoms with Crippen molar-refractivity contribution >= 4 is 0 Å². The van der Waals surface area contributed by atoms with Crippen LogP contribution in [0.25, 0.3) is 0 Å². The van der Waals surface area contributed by atoms with Crippen LogP contribution in [0.3, 0.4) is 0 Å². The van der Waals surface area contributed by atoms with E-state index in [0.29, 0.717) is 13.2 Å². The van der Waals surface area contributed by atoms with Crippen molar-refractivity contribution in [3.8, 4) is 0 Å². The number of alkyl halides is 2. The Kier molecular flexibility index (Phi) is 7.75. The number of aliphatic hydroxyl groups excluding tert-OH is 1. The number of nitrogens with one attached hydrogen (secondary N) is 1. The molecule has 1 heterocycles. The van der Waals surface area contributed by atoms with Crippen LogP contribution < -0.4 is 5.32 Å². The quantitative estimate of drug-likeness (QED) is 0.660. The lowest BCUT2D eigenvalue weighted by Crippen LogP contribution is -2.50. The van der Waals surface area contributed by atoms with Crippen molar-refractivity contribution < 1.29 is 18.6 Å². The smallest absolute Gasteiger partial charge is 0.251 e. The first-order chi connectivity index (χ1) is 9.12. The van der Waals surface area contributed by atoms with E-state index in [4.69, 9.17) is 9.84 Å². The largest absolute Gasteiger partial charge is 0.395 e. The highest BCUT2D eigenvalue weighted by Crippen LogP contribution is 2.29. The first kappa shape index (κ1) is 16.8. The van der Waals surface area contributed by atoms with Gasteiger partial charge in [-0.3, -0.25) is 4.90 Å². The molecule has 0 spiro atoms. The van der Waals surface area contributed by atoms with Crippen LogP contribution in [0.1, 0.15) is 19.8 Å². The van der Waals surface area contributed by atoms with Gasteiger partial charge in [-0.1, -0.05) is 6.92 Å². The van der Waals surface area contributed by atoms with Gasteiger partial charge in [-0.25, -0.2) is 8.78 Å². The molecule has 0 radical (unpaired) electrons. The van der Waals surface area contributed by atoms with E-state index >= 15 is 0 Å². The second-order valence-corrected chi connectivity index (χ2v) is 5.29. The standard InChI is InChI=1S/C13H26F2N2O2/c1-2-16-9-13(4-3-7-19-11-13)10-17(5-6-18)8-12(14)15/h12,16,18H,2-11H2,1H3. The van der Waals surface area contributed by atoms with E-state index in [-0.39, 0.29) is 25.1 Å². The van der Waals surface area contributed by atoms with Crippen molar-refractivity contribution in [3.05, 3.63) is 0 Å². The van der Waals surface area contributed by atoms with Gasteiger partial charge in [-0.2, -0.15) is 0 Å². The summed E-state index contributed by atoms with van der Waals surface area (Å²) >= 11 is 0. The minimum absolute atomic E-state index is 0.0924. The Hall–Kier alpha value is -0.300. The van der Waals surface area contributed by atoms with Crippen molar-refractivity contribution in [1.82, 2.24) is 10.2 Å². The maximum absolute atomic E-state index is 12.6. The molecule has 1 saturated heterocycles. The molecule has 0 aromatic rings. The average molecular weight is 280 g/mol. The normalized spacial score (nSPS) is 24.3. The number of rotatable bonds is 9. The third-order valence-electron chi connectivity index (χ3n) is 3.53. The Labute approximate surface area is 114 Å². The van der Waals surface area contributed by atoms with Crippen LogP contribution in [0.5, 0.6) is 0 Å². The molecule has 0 amide bonds. The summed E-state index contributed by atoms with van der Waals surface area (Å²) in [4.78, 5) is 1.65. The SMILES string of the molecule is CCNCC1(CN(CCO)CC(F)F)CCCOC1. The van der Waals surface area contributed by atoms with Gasteiger partial charge in [0.15, 0.2) is 0 Å². The van der Waals surface area contributed by atoms with Gasteiger partial charge in [0.05, 0.1) is 19.8 Å². The second-order valence-electron chi connectivity index (χ2n) is 5.29. The Morgan fingerprint density at radius 1 is 1.47 bits per heavy atom. The number of hydrogen-bond acceptors (Lipinski definition) is 4. The minimum atomic E-state index is -2.37. The summed E-state index contributed by atoms with van der Waals surface area (Å²) in [6.07, 6.45) is -0.426. The van der Waals surface area contributed by atoms with Crippen LogP contribution in [0.15, 0.2) is 0 Å². The van der Waals surface area contributed by atoms with Crippen LogP contribution in [0, 0.1) is 5.41 Å². The number of nitrogens with zero attached hydrogens (tertiary/aromatic N) is 1. The molecule has 0 aromatic heterocycles. The number of ether oxygens (including phenoxy) is 1. The molecule has 4 nitrogen and oxygen atoms in total. The van der Waals surface area contributed by atoms with Gasteiger partial charge < -0.3 is 15.2 Å². The molecule has 0 bridgehead atoms. The third-order valence-corrected chi connectivity index (χ3v) is 3.53. The maximum atomic E-state index is 12.6. The Morgan fingerprint density at radius 3 is 2.79 bits per heavy atom. The van der Waals surface area contributed by atoms with Crippen molar-refractivity contribution in [1.29, 1.82) is 0 Å². The van der Waals surface area contributed by atoms with E-state index in [1.807, 2.05) is 6.92 Å². The van der Waals surface area contributed by atoms with Crippen molar-refractivity contribution in [2.45, 2.75) is 26.2 Å². The molecular weight excluding hydrogens is 254 g/mol. The van der Waals surface area contributed by atoms with Gasteiger partial charge >= 0.3 is 0 Å². The van der Waals surface area contributed by atoms with E-state index in [2.05, 4.69) is 5.32 Å². The van der Waals surface area contributed by atoms with Gasteiger partial charge in [-0.15, -0.1) is 0 Å². The van der Waals surface area contributed by atoms with Crippen molar-refractivity contribution in [3.63, 3.8) is 0 Å². The molecule has 1 atom stereocenters. The highest BCUT2D eigenvalue weighted by molar-refractivity contribution is 4.87. The second kappa shape index (κ2) is 8.79. The zero-order valence-corrected chi connectivity index (χ0v) is 11.7. The summed E-state index contributed by atoms with van der Waals surface area (Å²) in [7, 11) is 0. The molecule has 1 rings (SSSR count). The molecule has 1 aliphatic heterocycles. The predicted octanol–water partition coefficient (Wildman–Crippen LogP) is 0.952.